The molecule has 23 heavy (non-hydrogen) atoms. The molecule has 0 spiro atoms. The van der Waals surface area contributed by atoms with Crippen molar-refractivity contribution in [2.75, 3.05) is 13.1 Å². The maximum absolute atomic E-state index is 12.2. The first kappa shape index (κ1) is 17.1. The number of thiazole rings is 1. The lowest BCUT2D eigenvalue weighted by Crippen LogP contribution is -2.26. The second kappa shape index (κ2) is 8.43. The topological polar surface area (TPSA) is 71.1 Å². The van der Waals surface area contributed by atoms with Crippen molar-refractivity contribution in [3.8, 4) is 10.6 Å². The molecular weight excluding hydrogens is 310 g/mol. The number of hydrogen-bond donors (Lipinski definition) is 2. The van der Waals surface area contributed by atoms with Crippen LogP contribution in [0.1, 0.15) is 35.1 Å². The van der Waals surface area contributed by atoms with Crippen LogP contribution in [0, 0.1) is 6.92 Å². The van der Waals surface area contributed by atoms with E-state index in [9.17, 15) is 9.59 Å². The summed E-state index contributed by atoms with van der Waals surface area (Å²) < 4.78 is 0. The number of aryl methyl sites for hydroxylation is 1. The highest BCUT2D eigenvalue weighted by atomic mass is 32.1. The second-order valence-corrected chi connectivity index (χ2v) is 6.24. The fourth-order valence-electron chi connectivity index (χ4n) is 2.11. The number of nitrogens with zero attached hydrogens (tertiary/aromatic N) is 1. The zero-order valence-electron chi connectivity index (χ0n) is 13.4. The number of amides is 2. The number of unbranched alkanes of at least 4 members (excludes halogenated alkanes) is 1. The molecular formula is C17H21N3O2S. The summed E-state index contributed by atoms with van der Waals surface area (Å²) in [4.78, 5) is 28.1. The molecule has 0 radical (unpaired) electrons. The van der Waals surface area contributed by atoms with Gasteiger partial charge in [0.05, 0.1) is 5.69 Å². The smallest absolute Gasteiger partial charge is 0.263 e. The van der Waals surface area contributed by atoms with Gasteiger partial charge in [0.2, 0.25) is 5.91 Å². The Morgan fingerprint density at radius 3 is 2.39 bits per heavy atom. The van der Waals surface area contributed by atoms with E-state index in [0.29, 0.717) is 18.0 Å². The SMILES string of the molecule is CC(=O)NCCCCNC(=O)c1sc(-c2ccccc2)nc1C. The Kier molecular flexibility index (Phi) is 6.29. The molecule has 2 rings (SSSR count). The van der Waals surface area contributed by atoms with Gasteiger partial charge in [-0.3, -0.25) is 9.59 Å². The van der Waals surface area contributed by atoms with Gasteiger partial charge in [0.15, 0.2) is 0 Å². The van der Waals surface area contributed by atoms with E-state index in [0.717, 1.165) is 29.1 Å². The van der Waals surface area contributed by atoms with Crippen molar-refractivity contribution < 1.29 is 9.59 Å². The van der Waals surface area contributed by atoms with Crippen molar-refractivity contribution in [2.45, 2.75) is 26.7 Å². The van der Waals surface area contributed by atoms with Crippen LogP contribution in [-0.2, 0) is 4.79 Å². The van der Waals surface area contributed by atoms with Crippen LogP contribution in [0.15, 0.2) is 30.3 Å². The molecule has 0 aliphatic carbocycles. The number of carbonyl (C=O) groups excluding carboxylic acids is 2. The normalized spacial score (nSPS) is 10.3. The number of nitrogens with one attached hydrogen (secondary N) is 2. The summed E-state index contributed by atoms with van der Waals surface area (Å²) >= 11 is 1.41. The number of rotatable bonds is 7. The largest absolute Gasteiger partial charge is 0.356 e. The molecule has 0 aliphatic heterocycles. The number of carbonyl (C=O) groups is 2. The van der Waals surface area contributed by atoms with Crippen molar-refractivity contribution in [1.82, 2.24) is 15.6 Å². The van der Waals surface area contributed by atoms with Crippen LogP contribution in [-0.4, -0.2) is 29.9 Å². The molecule has 2 amide bonds. The molecule has 5 nitrogen and oxygen atoms in total. The Hall–Kier alpha value is -2.21. The van der Waals surface area contributed by atoms with Crippen molar-refractivity contribution in [3.05, 3.63) is 40.9 Å². The Bertz CT molecular complexity index is 668. The third kappa shape index (κ3) is 5.17. The van der Waals surface area contributed by atoms with Gasteiger partial charge in [-0.05, 0) is 19.8 Å². The minimum absolute atomic E-state index is 0.0252. The van der Waals surface area contributed by atoms with E-state index in [-0.39, 0.29) is 11.8 Å². The zero-order chi connectivity index (χ0) is 16.7. The molecule has 1 aromatic carbocycles. The van der Waals surface area contributed by atoms with E-state index in [1.807, 2.05) is 37.3 Å². The first-order chi connectivity index (χ1) is 11.1. The zero-order valence-corrected chi connectivity index (χ0v) is 14.2. The van der Waals surface area contributed by atoms with E-state index >= 15 is 0 Å². The second-order valence-electron chi connectivity index (χ2n) is 5.25. The first-order valence-corrected chi connectivity index (χ1v) is 8.45. The summed E-state index contributed by atoms with van der Waals surface area (Å²) in [5.41, 5.74) is 1.78. The summed E-state index contributed by atoms with van der Waals surface area (Å²) in [6.45, 7) is 4.59. The molecule has 2 N–H and O–H groups in total. The van der Waals surface area contributed by atoms with Crippen LogP contribution < -0.4 is 10.6 Å². The van der Waals surface area contributed by atoms with Crippen molar-refractivity contribution in [1.29, 1.82) is 0 Å². The molecule has 0 saturated heterocycles. The quantitative estimate of drug-likeness (QED) is 0.766. The van der Waals surface area contributed by atoms with E-state index < -0.39 is 0 Å². The Labute approximate surface area is 140 Å². The fraction of sp³-hybridized carbons (Fsp3) is 0.353. The third-order valence-electron chi connectivity index (χ3n) is 3.29. The molecule has 0 atom stereocenters. The Balaban J connectivity index is 1.85. The summed E-state index contributed by atoms with van der Waals surface area (Å²) in [6, 6.07) is 9.85. The minimum atomic E-state index is -0.0818. The average Bonchev–Trinajstić information content (AvgIpc) is 2.93. The lowest BCUT2D eigenvalue weighted by Gasteiger charge is -2.04. The standard InChI is InChI=1S/C17H21N3O2S/c1-12-15(16(22)19-11-7-6-10-18-13(2)21)23-17(20-12)14-8-4-3-5-9-14/h3-5,8-9H,6-7,10-11H2,1-2H3,(H,18,21)(H,19,22). The van der Waals surface area contributed by atoms with Gasteiger partial charge in [-0.2, -0.15) is 0 Å². The van der Waals surface area contributed by atoms with E-state index in [2.05, 4.69) is 15.6 Å². The molecule has 0 unspecified atom stereocenters. The lowest BCUT2D eigenvalue weighted by atomic mass is 10.2. The molecule has 6 heteroatoms. The van der Waals surface area contributed by atoms with Gasteiger partial charge in [0.25, 0.3) is 5.91 Å². The van der Waals surface area contributed by atoms with Crippen LogP contribution in [0.3, 0.4) is 0 Å². The molecule has 1 aromatic heterocycles. The number of benzene rings is 1. The maximum atomic E-state index is 12.2. The van der Waals surface area contributed by atoms with Crippen molar-refractivity contribution in [3.63, 3.8) is 0 Å². The van der Waals surface area contributed by atoms with Crippen molar-refractivity contribution >= 4 is 23.2 Å². The van der Waals surface area contributed by atoms with Gasteiger partial charge in [-0.15, -0.1) is 11.3 Å². The molecule has 122 valence electrons. The maximum Gasteiger partial charge on any atom is 0.263 e. The molecule has 1 heterocycles. The van der Waals surface area contributed by atoms with Crippen molar-refractivity contribution in [2.24, 2.45) is 0 Å². The van der Waals surface area contributed by atoms with Crippen LogP contribution in [0.5, 0.6) is 0 Å². The number of aromatic nitrogens is 1. The third-order valence-corrected chi connectivity index (χ3v) is 4.49. The van der Waals surface area contributed by atoms with E-state index in [1.54, 1.807) is 0 Å². The summed E-state index contributed by atoms with van der Waals surface area (Å²) in [5.74, 6) is -0.107. The summed E-state index contributed by atoms with van der Waals surface area (Å²) in [7, 11) is 0. The van der Waals surface area contributed by atoms with Gasteiger partial charge in [-0.1, -0.05) is 30.3 Å². The van der Waals surface area contributed by atoms with Crippen LogP contribution in [0.2, 0.25) is 0 Å². The highest BCUT2D eigenvalue weighted by molar-refractivity contribution is 7.17. The van der Waals surface area contributed by atoms with Gasteiger partial charge < -0.3 is 10.6 Å². The Morgan fingerprint density at radius 2 is 1.74 bits per heavy atom. The predicted octanol–water partition coefficient (Wildman–Crippen LogP) is 2.76. The summed E-state index contributed by atoms with van der Waals surface area (Å²) in [5, 5.41) is 6.51. The van der Waals surface area contributed by atoms with Crippen LogP contribution in [0.4, 0.5) is 0 Å². The van der Waals surface area contributed by atoms with Gasteiger partial charge in [0, 0.05) is 25.6 Å². The lowest BCUT2D eigenvalue weighted by molar-refractivity contribution is -0.118. The van der Waals surface area contributed by atoms with Crippen LogP contribution >= 0.6 is 11.3 Å². The van der Waals surface area contributed by atoms with Gasteiger partial charge in [0.1, 0.15) is 9.88 Å². The minimum Gasteiger partial charge on any atom is -0.356 e. The predicted molar refractivity (Wildman–Crippen MR) is 92.5 cm³/mol. The van der Waals surface area contributed by atoms with E-state index in [1.165, 1.54) is 18.3 Å². The van der Waals surface area contributed by atoms with Gasteiger partial charge >= 0.3 is 0 Å². The van der Waals surface area contributed by atoms with Crippen LogP contribution in [0.25, 0.3) is 10.6 Å². The average molecular weight is 331 g/mol. The molecule has 0 fully saturated rings. The molecule has 0 saturated carbocycles. The number of hydrogen-bond acceptors (Lipinski definition) is 4. The Morgan fingerprint density at radius 1 is 1.09 bits per heavy atom. The summed E-state index contributed by atoms with van der Waals surface area (Å²) in [6.07, 6.45) is 1.67. The van der Waals surface area contributed by atoms with E-state index in [4.69, 9.17) is 0 Å². The fourth-order valence-corrected chi connectivity index (χ4v) is 3.10. The highest BCUT2D eigenvalue weighted by Crippen LogP contribution is 2.27. The molecule has 0 bridgehead atoms. The first-order valence-electron chi connectivity index (χ1n) is 7.63. The van der Waals surface area contributed by atoms with Gasteiger partial charge in [-0.25, -0.2) is 4.98 Å². The molecule has 0 aliphatic rings. The molecule has 2 aromatic rings. The monoisotopic (exact) mass is 331 g/mol. The highest BCUT2D eigenvalue weighted by Gasteiger charge is 2.15.